The average Bonchev–Trinajstić information content (AvgIpc) is 2.98. The Morgan fingerprint density at radius 3 is 2.79 bits per heavy atom. The van der Waals surface area contributed by atoms with Gasteiger partial charge in [-0.05, 0) is 30.7 Å². The first-order valence-electron chi connectivity index (χ1n) is 7.07. The third kappa shape index (κ3) is 2.98. The molecule has 1 N–H and O–H groups in total. The van der Waals surface area contributed by atoms with Crippen LogP contribution in [-0.4, -0.2) is 17.6 Å². The van der Waals surface area contributed by atoms with Crippen LogP contribution in [0.25, 0.3) is 0 Å². The summed E-state index contributed by atoms with van der Waals surface area (Å²) in [6.07, 6.45) is -0.0296. The van der Waals surface area contributed by atoms with E-state index in [0.717, 1.165) is 12.1 Å². The number of nitrogens with zero attached hydrogens (tertiary/aromatic N) is 1. The van der Waals surface area contributed by atoms with Gasteiger partial charge in [0.05, 0.1) is 22.6 Å². The lowest BCUT2D eigenvalue weighted by molar-refractivity contribution is -0.385. The molecule has 0 bridgehead atoms. The van der Waals surface area contributed by atoms with Crippen molar-refractivity contribution in [2.24, 2.45) is 0 Å². The van der Waals surface area contributed by atoms with Crippen molar-refractivity contribution < 1.29 is 23.6 Å². The minimum Gasteiger partial charge on any atom is -0.454 e. The minimum absolute atomic E-state index is 0.0296. The van der Waals surface area contributed by atoms with Gasteiger partial charge in [-0.3, -0.25) is 14.9 Å². The van der Waals surface area contributed by atoms with E-state index in [-0.39, 0.29) is 30.2 Å². The Bertz CT molecular complexity index is 837. The number of hydrogen-bond acceptors (Lipinski definition) is 5. The van der Waals surface area contributed by atoms with E-state index in [9.17, 15) is 19.3 Å². The van der Waals surface area contributed by atoms with Crippen molar-refractivity contribution in [3.63, 3.8) is 0 Å². The standard InChI is InChI=1S/C16H13FN2O5/c1-9-12(19(21)22)4-3-11(17)16(9)18-15(20)7-10-2-5-13-14(6-10)24-8-23-13/h2-6H,7-8H2,1H3,(H,18,20). The Balaban J connectivity index is 1.78. The molecule has 2 aromatic carbocycles. The second-order valence-corrected chi connectivity index (χ2v) is 5.24. The van der Waals surface area contributed by atoms with E-state index in [1.807, 2.05) is 0 Å². The number of hydrogen-bond donors (Lipinski definition) is 1. The summed E-state index contributed by atoms with van der Waals surface area (Å²) in [7, 11) is 0. The summed E-state index contributed by atoms with van der Waals surface area (Å²) in [4.78, 5) is 22.4. The van der Waals surface area contributed by atoms with Crippen LogP contribution in [0.1, 0.15) is 11.1 Å². The quantitative estimate of drug-likeness (QED) is 0.686. The zero-order valence-electron chi connectivity index (χ0n) is 12.7. The average molecular weight is 332 g/mol. The zero-order valence-corrected chi connectivity index (χ0v) is 12.7. The van der Waals surface area contributed by atoms with Crippen molar-refractivity contribution in [3.8, 4) is 11.5 Å². The van der Waals surface area contributed by atoms with Gasteiger partial charge in [0, 0.05) is 6.07 Å². The number of benzene rings is 2. The van der Waals surface area contributed by atoms with E-state index >= 15 is 0 Å². The molecule has 0 saturated heterocycles. The maximum atomic E-state index is 13.9. The summed E-state index contributed by atoms with van der Waals surface area (Å²) in [5, 5.41) is 13.3. The first kappa shape index (κ1) is 15.7. The first-order valence-corrected chi connectivity index (χ1v) is 7.07. The predicted molar refractivity (Wildman–Crippen MR) is 82.7 cm³/mol. The number of ether oxygens (including phenoxy) is 2. The number of nitrogens with one attached hydrogen (secondary N) is 1. The van der Waals surface area contributed by atoms with Gasteiger partial charge in [-0.25, -0.2) is 4.39 Å². The second-order valence-electron chi connectivity index (χ2n) is 5.24. The number of halogens is 1. The summed E-state index contributed by atoms with van der Waals surface area (Å²) in [5.41, 5.74) is 0.281. The fourth-order valence-electron chi connectivity index (χ4n) is 2.44. The molecule has 2 aromatic rings. The fraction of sp³-hybridized carbons (Fsp3) is 0.188. The molecule has 0 unspecified atom stereocenters. The molecule has 0 aromatic heterocycles. The van der Waals surface area contributed by atoms with E-state index < -0.39 is 16.6 Å². The van der Waals surface area contributed by atoms with Gasteiger partial charge in [-0.1, -0.05) is 6.07 Å². The lowest BCUT2D eigenvalue weighted by atomic mass is 10.1. The number of nitro groups is 1. The fourth-order valence-corrected chi connectivity index (χ4v) is 2.44. The number of amides is 1. The van der Waals surface area contributed by atoms with Crippen molar-refractivity contribution in [2.45, 2.75) is 13.3 Å². The zero-order chi connectivity index (χ0) is 17.3. The van der Waals surface area contributed by atoms with E-state index in [0.29, 0.717) is 17.1 Å². The third-order valence-corrected chi connectivity index (χ3v) is 3.65. The highest BCUT2D eigenvalue weighted by atomic mass is 19.1. The lowest BCUT2D eigenvalue weighted by Crippen LogP contribution is -2.16. The van der Waals surface area contributed by atoms with Gasteiger partial charge in [0.15, 0.2) is 11.5 Å². The van der Waals surface area contributed by atoms with Gasteiger partial charge in [-0.15, -0.1) is 0 Å². The Morgan fingerprint density at radius 1 is 1.29 bits per heavy atom. The first-order chi connectivity index (χ1) is 11.5. The van der Waals surface area contributed by atoms with Crippen LogP contribution in [-0.2, 0) is 11.2 Å². The van der Waals surface area contributed by atoms with Crippen molar-refractivity contribution in [2.75, 3.05) is 12.1 Å². The number of rotatable bonds is 4. The predicted octanol–water partition coefficient (Wildman–Crippen LogP) is 2.95. The highest BCUT2D eigenvalue weighted by Gasteiger charge is 2.20. The third-order valence-electron chi connectivity index (χ3n) is 3.65. The summed E-state index contributed by atoms with van der Waals surface area (Å²) in [5.74, 6) is -0.0776. The number of anilines is 1. The van der Waals surface area contributed by atoms with E-state index in [4.69, 9.17) is 9.47 Å². The summed E-state index contributed by atoms with van der Waals surface area (Å²) >= 11 is 0. The molecule has 0 saturated carbocycles. The molecule has 8 heteroatoms. The number of carbonyl (C=O) groups is 1. The Labute approximate surface area is 136 Å². The van der Waals surface area contributed by atoms with Crippen LogP contribution in [0.2, 0.25) is 0 Å². The molecule has 0 spiro atoms. The molecule has 0 atom stereocenters. The minimum atomic E-state index is -0.725. The molecule has 1 aliphatic rings. The Morgan fingerprint density at radius 2 is 2.04 bits per heavy atom. The lowest BCUT2D eigenvalue weighted by Gasteiger charge is -2.10. The largest absolute Gasteiger partial charge is 0.454 e. The molecular formula is C16H13FN2O5. The van der Waals surface area contributed by atoms with Crippen molar-refractivity contribution >= 4 is 17.3 Å². The Kier molecular flexibility index (Phi) is 4.03. The number of fused-ring (bicyclic) bond motifs is 1. The van der Waals surface area contributed by atoms with Crippen molar-refractivity contribution in [1.29, 1.82) is 0 Å². The smallest absolute Gasteiger partial charge is 0.274 e. The second kappa shape index (κ2) is 6.15. The highest BCUT2D eigenvalue weighted by Crippen LogP contribution is 2.33. The van der Waals surface area contributed by atoms with Crippen molar-refractivity contribution in [1.82, 2.24) is 0 Å². The van der Waals surface area contributed by atoms with Crippen LogP contribution in [0.15, 0.2) is 30.3 Å². The summed E-state index contributed by atoms with van der Waals surface area (Å²) in [6, 6.07) is 7.08. The summed E-state index contributed by atoms with van der Waals surface area (Å²) < 4.78 is 24.3. The highest BCUT2D eigenvalue weighted by molar-refractivity contribution is 5.93. The molecule has 1 amide bonds. The van der Waals surface area contributed by atoms with E-state index in [1.165, 1.54) is 6.92 Å². The molecule has 3 rings (SSSR count). The van der Waals surface area contributed by atoms with Gasteiger partial charge in [0.2, 0.25) is 12.7 Å². The van der Waals surface area contributed by atoms with Crippen molar-refractivity contribution in [3.05, 3.63) is 57.4 Å². The molecule has 124 valence electrons. The van der Waals surface area contributed by atoms with E-state index in [2.05, 4.69) is 5.32 Å². The molecule has 0 radical (unpaired) electrons. The summed E-state index contributed by atoms with van der Waals surface area (Å²) in [6.45, 7) is 1.51. The number of carbonyl (C=O) groups excluding carboxylic acids is 1. The molecule has 1 heterocycles. The normalized spacial score (nSPS) is 12.1. The molecule has 24 heavy (non-hydrogen) atoms. The van der Waals surface area contributed by atoms with Crippen LogP contribution >= 0.6 is 0 Å². The van der Waals surface area contributed by atoms with Crippen LogP contribution in [0.4, 0.5) is 15.8 Å². The van der Waals surface area contributed by atoms with Crippen LogP contribution < -0.4 is 14.8 Å². The SMILES string of the molecule is Cc1c([N+](=O)[O-])ccc(F)c1NC(=O)Cc1ccc2c(c1)OCO2. The molecular weight excluding hydrogens is 319 g/mol. The molecule has 0 aliphatic carbocycles. The van der Waals surface area contributed by atoms with Gasteiger partial charge in [0.1, 0.15) is 5.82 Å². The monoisotopic (exact) mass is 332 g/mol. The van der Waals surface area contributed by atoms with Gasteiger partial charge < -0.3 is 14.8 Å². The molecule has 7 nitrogen and oxygen atoms in total. The molecule has 1 aliphatic heterocycles. The number of nitro benzene ring substituents is 1. The van der Waals surface area contributed by atoms with Gasteiger partial charge >= 0.3 is 0 Å². The van der Waals surface area contributed by atoms with Crippen LogP contribution in [0.5, 0.6) is 11.5 Å². The maximum Gasteiger partial charge on any atom is 0.274 e. The Hall–Kier alpha value is -3.16. The van der Waals surface area contributed by atoms with Crippen LogP contribution in [0.3, 0.4) is 0 Å². The van der Waals surface area contributed by atoms with Gasteiger partial charge in [0.25, 0.3) is 5.69 Å². The maximum absolute atomic E-state index is 13.9. The van der Waals surface area contributed by atoms with Gasteiger partial charge in [-0.2, -0.15) is 0 Å². The molecule has 0 fully saturated rings. The van der Waals surface area contributed by atoms with Crippen LogP contribution in [0, 0.1) is 22.9 Å². The topological polar surface area (TPSA) is 90.7 Å². The van der Waals surface area contributed by atoms with E-state index in [1.54, 1.807) is 18.2 Å².